The lowest BCUT2D eigenvalue weighted by molar-refractivity contribution is 0.394. The van der Waals surface area contributed by atoms with E-state index < -0.39 is 0 Å². The molecule has 0 fully saturated rings. The van der Waals surface area contributed by atoms with E-state index in [0.29, 0.717) is 34.2 Å². The molecule has 14 nitrogen and oxygen atoms in total. The highest BCUT2D eigenvalue weighted by Gasteiger charge is 2.19. The van der Waals surface area contributed by atoms with Crippen LogP contribution in [-0.4, -0.2) is 67.5 Å². The van der Waals surface area contributed by atoms with Crippen LogP contribution >= 0.6 is 23.5 Å². The minimum absolute atomic E-state index is 0.175. The summed E-state index contributed by atoms with van der Waals surface area (Å²) in [5.41, 5.74) is 14.0. The fourth-order valence-corrected chi connectivity index (χ4v) is 8.54. The Hall–Kier alpha value is -6.52. The van der Waals surface area contributed by atoms with E-state index in [1.807, 2.05) is 47.0 Å². The van der Waals surface area contributed by atoms with E-state index in [4.69, 9.17) is 40.1 Å². The highest BCUT2D eigenvalue weighted by atomic mass is 32.2. The molecule has 0 saturated heterocycles. The van der Waals surface area contributed by atoms with Crippen molar-refractivity contribution in [2.24, 2.45) is 0 Å². The van der Waals surface area contributed by atoms with E-state index in [9.17, 15) is 0 Å². The van der Waals surface area contributed by atoms with Crippen LogP contribution in [0.5, 0.6) is 23.0 Å². The molecule has 0 spiro atoms. The number of imidazole rings is 2. The Morgan fingerprint density at radius 2 is 1.28 bits per heavy atom. The Balaban J connectivity index is 0.000000181. The minimum Gasteiger partial charge on any atom is -0.497 e. The van der Waals surface area contributed by atoms with Crippen LogP contribution in [-0.2, 0) is 25.9 Å². The number of nitrogens with zero attached hydrogens (tertiary/aromatic N) is 7. The molecule has 16 heteroatoms. The molecule has 0 unspecified atom stereocenters. The number of hydrogen-bond acceptors (Lipinski definition) is 13. The first kappa shape index (κ1) is 41.6. The van der Waals surface area contributed by atoms with Gasteiger partial charge in [0.25, 0.3) is 0 Å². The summed E-state index contributed by atoms with van der Waals surface area (Å²) < 4.78 is 25.8. The topological polar surface area (TPSA) is 177 Å². The van der Waals surface area contributed by atoms with Crippen molar-refractivity contribution in [2.75, 3.05) is 34.2 Å². The number of nitrogen functional groups attached to an aromatic ring is 1. The molecule has 60 heavy (non-hydrogen) atoms. The number of hydrogen-bond donors (Lipinski definition) is 3. The van der Waals surface area contributed by atoms with Gasteiger partial charge in [-0.25, -0.2) is 24.9 Å². The average Bonchev–Trinajstić information content (AvgIpc) is 3.86. The molecule has 0 atom stereocenters. The molecule has 0 aliphatic heterocycles. The van der Waals surface area contributed by atoms with Crippen molar-refractivity contribution in [3.05, 3.63) is 125 Å². The zero-order valence-electron chi connectivity index (χ0n) is 34.2. The molecule has 0 bridgehead atoms. The summed E-state index contributed by atoms with van der Waals surface area (Å²) in [7, 11) is 6.56. The number of ether oxygens (including phenoxy) is 4. The molecular weight excluding hydrogens is 797 g/mol. The molecule has 4 heterocycles. The third kappa shape index (κ3) is 9.35. The summed E-state index contributed by atoms with van der Waals surface area (Å²) in [4.78, 5) is 27.3. The Morgan fingerprint density at radius 3 is 1.88 bits per heavy atom. The van der Waals surface area contributed by atoms with E-state index in [-0.39, 0.29) is 5.49 Å². The van der Waals surface area contributed by atoms with Gasteiger partial charge < -0.3 is 38.8 Å². The number of benzene rings is 4. The Labute approximate surface area is 356 Å². The molecule has 0 saturated carbocycles. The largest absolute Gasteiger partial charge is 0.497 e. The smallest absolute Gasteiger partial charge is 0.175 e. The van der Waals surface area contributed by atoms with Crippen LogP contribution in [0.15, 0.2) is 118 Å². The monoisotopic (exact) mass is 842 g/mol. The fraction of sp³-hybridized carbons (Fsp3) is 0.227. The number of H-pyrrole nitrogens is 1. The maximum atomic E-state index is 8.18. The van der Waals surface area contributed by atoms with E-state index in [0.717, 1.165) is 63.0 Å². The molecule has 4 N–H and O–H groups in total. The lowest BCUT2D eigenvalue weighted by atomic mass is 10.1. The lowest BCUT2D eigenvalue weighted by Gasteiger charge is -2.12. The molecular formula is C44H46N10O4S2. The molecule has 0 radical (unpaired) electrons. The quantitative estimate of drug-likeness (QED) is 0.0961. The van der Waals surface area contributed by atoms with Gasteiger partial charge in [-0.2, -0.15) is 0 Å². The van der Waals surface area contributed by atoms with Crippen LogP contribution in [0, 0.1) is 19.3 Å². The van der Waals surface area contributed by atoms with E-state index in [2.05, 4.69) is 80.8 Å². The van der Waals surface area contributed by atoms with Crippen LogP contribution in [0.3, 0.4) is 0 Å². The number of rotatable bonds is 14. The van der Waals surface area contributed by atoms with Gasteiger partial charge in [0.15, 0.2) is 38.4 Å². The van der Waals surface area contributed by atoms with Crippen LogP contribution in [0.4, 0.5) is 5.82 Å². The maximum Gasteiger partial charge on any atom is 0.175 e. The Kier molecular flexibility index (Phi) is 13.2. The van der Waals surface area contributed by atoms with Crippen LogP contribution in [0.2, 0.25) is 0 Å². The van der Waals surface area contributed by atoms with Gasteiger partial charge in [-0.1, -0.05) is 48.5 Å². The number of aromatic nitrogens is 8. The summed E-state index contributed by atoms with van der Waals surface area (Å²) in [5, 5.41) is 9.62. The number of anilines is 1. The van der Waals surface area contributed by atoms with Gasteiger partial charge in [0.05, 0.1) is 44.6 Å². The summed E-state index contributed by atoms with van der Waals surface area (Å²) in [5.74, 6) is 3.34. The summed E-state index contributed by atoms with van der Waals surface area (Å²) in [6.45, 7) is 5.68. The average molecular weight is 843 g/mol. The predicted molar refractivity (Wildman–Crippen MR) is 235 cm³/mol. The van der Waals surface area contributed by atoms with Crippen molar-refractivity contribution in [3.63, 3.8) is 0 Å². The lowest BCUT2D eigenvalue weighted by Crippen LogP contribution is -2.13. The normalized spacial score (nSPS) is 11.0. The second kappa shape index (κ2) is 19.0. The second-order valence-electron chi connectivity index (χ2n) is 13.6. The standard InChI is InChI=1S/2C22H23N5O2S/c1-14-6-4-5-7-15(14)10-11-27-13-24-20(23)19-21(27)26-22(25-19)30-18-12-16(28-2)8-9-17(18)29-3;1-14-6-4-5-7-15(14)10-11-27-21-19(20(23)24-13-25-21)26-22(27)30-18-12-16(28-2)8-9-17(18)29-3/h4-9,12-13,23H,10-11H2,1-3H3,(H,25,26);4-9,12-13H,10-11H2,1-3H3,(H2,23,24,25). The van der Waals surface area contributed by atoms with Crippen LogP contribution < -0.4 is 30.2 Å². The summed E-state index contributed by atoms with van der Waals surface area (Å²) in [6, 6.07) is 28.1. The van der Waals surface area contributed by atoms with Crippen molar-refractivity contribution in [3.8, 4) is 23.0 Å². The highest BCUT2D eigenvalue weighted by molar-refractivity contribution is 7.99. The molecule has 0 amide bonds. The number of fused-ring (bicyclic) bond motifs is 2. The first-order valence-corrected chi connectivity index (χ1v) is 20.7. The number of nitrogens with one attached hydrogen (secondary N) is 2. The van der Waals surface area contributed by atoms with Gasteiger partial charge >= 0.3 is 0 Å². The van der Waals surface area contributed by atoms with Crippen molar-refractivity contribution in [2.45, 2.75) is 59.9 Å². The number of nitrogens with two attached hydrogens (primary N) is 1. The fourth-order valence-electron chi connectivity index (χ4n) is 6.57. The number of aromatic amines is 1. The van der Waals surface area contributed by atoms with Crippen LogP contribution in [0.1, 0.15) is 22.3 Å². The molecule has 4 aromatic carbocycles. The SMILES string of the molecule is COc1ccc(OC)c(Sc2nc3c(N)ncnc3n2CCc2ccccc2C)c1.COc1ccc(OC)c(Sc2nc3c([nH]2)c(=N)ncn3CCc2ccccc2C)c1. The van der Waals surface area contributed by atoms with Gasteiger partial charge in [0, 0.05) is 13.1 Å². The van der Waals surface area contributed by atoms with Gasteiger partial charge in [0.1, 0.15) is 34.8 Å². The maximum absolute atomic E-state index is 8.18. The Morgan fingerprint density at radius 1 is 0.683 bits per heavy atom. The zero-order valence-corrected chi connectivity index (χ0v) is 35.9. The van der Waals surface area contributed by atoms with E-state index in [1.165, 1.54) is 52.1 Å². The zero-order chi connectivity index (χ0) is 42.2. The van der Waals surface area contributed by atoms with Crippen molar-refractivity contribution < 1.29 is 18.9 Å². The van der Waals surface area contributed by atoms with E-state index >= 15 is 0 Å². The molecule has 0 aliphatic carbocycles. The Bertz CT molecular complexity index is 2820. The number of methoxy groups -OCH3 is 4. The first-order valence-electron chi connectivity index (χ1n) is 19.0. The summed E-state index contributed by atoms with van der Waals surface area (Å²) >= 11 is 2.92. The molecule has 308 valence electrons. The van der Waals surface area contributed by atoms with Gasteiger partial charge in [-0.15, -0.1) is 0 Å². The van der Waals surface area contributed by atoms with Crippen LogP contribution in [0.25, 0.3) is 22.3 Å². The van der Waals surface area contributed by atoms with Crippen molar-refractivity contribution in [1.82, 2.24) is 39.0 Å². The molecule has 0 aliphatic rings. The second-order valence-corrected chi connectivity index (χ2v) is 15.6. The molecule has 8 rings (SSSR count). The van der Waals surface area contributed by atoms with Gasteiger partial charge in [-0.05, 0) is 109 Å². The van der Waals surface area contributed by atoms with Crippen molar-refractivity contribution >= 4 is 51.7 Å². The third-order valence-electron chi connectivity index (χ3n) is 9.92. The minimum atomic E-state index is 0.175. The summed E-state index contributed by atoms with van der Waals surface area (Å²) in [6.07, 6.45) is 4.88. The van der Waals surface area contributed by atoms with Gasteiger partial charge in [0.2, 0.25) is 0 Å². The molecule has 8 aromatic rings. The predicted octanol–water partition coefficient (Wildman–Crippen LogP) is 8.09. The van der Waals surface area contributed by atoms with E-state index in [1.54, 1.807) is 34.8 Å². The van der Waals surface area contributed by atoms with Gasteiger partial charge in [-0.3, -0.25) is 5.41 Å². The molecule has 4 aromatic heterocycles. The van der Waals surface area contributed by atoms with Crippen molar-refractivity contribution in [1.29, 1.82) is 5.41 Å². The third-order valence-corrected chi connectivity index (χ3v) is 11.9. The number of aryl methyl sites for hydroxylation is 6. The first-order chi connectivity index (χ1) is 29.2. The highest BCUT2D eigenvalue weighted by Crippen LogP contribution is 2.39.